The van der Waals surface area contributed by atoms with E-state index in [9.17, 15) is 4.79 Å². The number of terminal acetylenes is 1. The van der Waals surface area contributed by atoms with Crippen molar-refractivity contribution in [2.75, 3.05) is 12.4 Å². The molecule has 0 aliphatic rings. The van der Waals surface area contributed by atoms with Gasteiger partial charge < -0.3 is 15.8 Å². The minimum atomic E-state index is -0.422. The maximum atomic E-state index is 11.3. The SMILES string of the molecule is C#Cc1ccc(CC(N)=O)c(Nc2ncnc3cc(OC)ccc23)c1. The number of nitrogens with one attached hydrogen (secondary N) is 1. The van der Waals surface area contributed by atoms with Crippen LogP contribution in [-0.2, 0) is 11.2 Å². The molecule has 0 atom stereocenters. The number of anilines is 2. The van der Waals surface area contributed by atoms with Crippen LogP contribution in [0.25, 0.3) is 10.9 Å². The molecule has 1 heterocycles. The molecule has 0 unspecified atom stereocenters. The molecule has 0 fully saturated rings. The average Bonchev–Trinajstić information content (AvgIpc) is 2.62. The van der Waals surface area contributed by atoms with Crippen molar-refractivity contribution in [2.24, 2.45) is 5.73 Å². The van der Waals surface area contributed by atoms with Crippen molar-refractivity contribution in [3.8, 4) is 18.1 Å². The highest BCUT2D eigenvalue weighted by atomic mass is 16.5. The molecule has 3 N–H and O–H groups in total. The molecule has 3 aromatic rings. The van der Waals surface area contributed by atoms with E-state index in [0.29, 0.717) is 22.8 Å². The number of aromatic nitrogens is 2. The zero-order valence-electron chi connectivity index (χ0n) is 13.6. The van der Waals surface area contributed by atoms with E-state index in [1.807, 2.05) is 18.2 Å². The van der Waals surface area contributed by atoms with Crippen LogP contribution in [0.2, 0.25) is 0 Å². The van der Waals surface area contributed by atoms with Crippen LogP contribution >= 0.6 is 0 Å². The number of nitrogens with two attached hydrogens (primary N) is 1. The Morgan fingerprint density at radius 3 is 2.84 bits per heavy atom. The third-order valence-electron chi connectivity index (χ3n) is 3.74. The molecule has 6 heteroatoms. The summed E-state index contributed by atoms with van der Waals surface area (Å²) in [5.74, 6) is 3.47. The molecule has 0 saturated carbocycles. The number of primary amides is 1. The Balaban J connectivity index is 2.06. The van der Waals surface area contributed by atoms with Crippen LogP contribution in [0.1, 0.15) is 11.1 Å². The van der Waals surface area contributed by atoms with E-state index in [0.717, 1.165) is 16.5 Å². The first-order valence-electron chi connectivity index (χ1n) is 7.54. The van der Waals surface area contributed by atoms with Crippen molar-refractivity contribution >= 4 is 28.3 Å². The number of carbonyl (C=O) groups is 1. The quantitative estimate of drug-likeness (QED) is 0.700. The number of rotatable bonds is 5. The van der Waals surface area contributed by atoms with E-state index in [1.54, 1.807) is 25.3 Å². The summed E-state index contributed by atoms with van der Waals surface area (Å²) >= 11 is 0. The molecule has 0 spiro atoms. The molecule has 0 radical (unpaired) electrons. The van der Waals surface area contributed by atoms with Gasteiger partial charge in [-0.2, -0.15) is 0 Å². The van der Waals surface area contributed by atoms with Gasteiger partial charge in [0, 0.05) is 22.7 Å². The first-order chi connectivity index (χ1) is 12.1. The van der Waals surface area contributed by atoms with Crippen molar-refractivity contribution in [3.05, 3.63) is 53.9 Å². The third kappa shape index (κ3) is 3.51. The van der Waals surface area contributed by atoms with Gasteiger partial charge in [0.25, 0.3) is 0 Å². The first-order valence-corrected chi connectivity index (χ1v) is 7.54. The second-order valence-electron chi connectivity index (χ2n) is 5.39. The molecule has 6 nitrogen and oxygen atoms in total. The van der Waals surface area contributed by atoms with Crippen LogP contribution in [0, 0.1) is 12.3 Å². The number of hydrogen-bond donors (Lipinski definition) is 2. The van der Waals surface area contributed by atoms with Gasteiger partial charge in [-0.3, -0.25) is 4.79 Å². The summed E-state index contributed by atoms with van der Waals surface area (Å²) in [5, 5.41) is 4.06. The number of methoxy groups -OCH3 is 1. The van der Waals surface area contributed by atoms with Gasteiger partial charge in [0.1, 0.15) is 17.9 Å². The molecule has 3 rings (SSSR count). The molecule has 25 heavy (non-hydrogen) atoms. The number of nitrogens with zero attached hydrogens (tertiary/aromatic N) is 2. The summed E-state index contributed by atoms with van der Waals surface area (Å²) in [5.41, 5.74) is 8.19. The lowest BCUT2D eigenvalue weighted by Crippen LogP contribution is -2.14. The Kier molecular flexibility index (Phi) is 4.48. The van der Waals surface area contributed by atoms with Crippen molar-refractivity contribution in [1.29, 1.82) is 0 Å². The molecule has 0 aliphatic carbocycles. The summed E-state index contributed by atoms with van der Waals surface area (Å²) in [6, 6.07) is 10.9. The molecule has 124 valence electrons. The van der Waals surface area contributed by atoms with Gasteiger partial charge in [-0.1, -0.05) is 12.0 Å². The average molecular weight is 332 g/mol. The highest BCUT2D eigenvalue weighted by molar-refractivity contribution is 5.92. The Hall–Kier alpha value is -3.59. The molecule has 1 amide bonds. The van der Waals surface area contributed by atoms with Gasteiger partial charge >= 0.3 is 0 Å². The predicted octanol–water partition coefficient (Wildman–Crippen LogP) is 2.39. The lowest BCUT2D eigenvalue weighted by Gasteiger charge is -2.13. The van der Waals surface area contributed by atoms with Crippen molar-refractivity contribution in [3.63, 3.8) is 0 Å². The maximum absolute atomic E-state index is 11.3. The normalized spacial score (nSPS) is 10.2. The van der Waals surface area contributed by atoms with Crippen LogP contribution < -0.4 is 15.8 Å². The maximum Gasteiger partial charge on any atom is 0.221 e. The first kappa shape index (κ1) is 16.3. The largest absolute Gasteiger partial charge is 0.497 e. The highest BCUT2D eigenvalue weighted by Gasteiger charge is 2.10. The molecular weight excluding hydrogens is 316 g/mol. The number of amides is 1. The fourth-order valence-electron chi connectivity index (χ4n) is 2.52. The minimum absolute atomic E-state index is 0.101. The molecule has 2 aromatic carbocycles. The number of carbonyl (C=O) groups excluding carboxylic acids is 1. The highest BCUT2D eigenvalue weighted by Crippen LogP contribution is 2.28. The fraction of sp³-hybridized carbons (Fsp3) is 0.105. The van der Waals surface area contributed by atoms with Crippen molar-refractivity contribution in [1.82, 2.24) is 9.97 Å². The van der Waals surface area contributed by atoms with Crippen LogP contribution in [0.3, 0.4) is 0 Å². The molecule has 0 aliphatic heterocycles. The van der Waals surface area contributed by atoms with Gasteiger partial charge in [-0.05, 0) is 29.8 Å². The summed E-state index contributed by atoms with van der Waals surface area (Å²) < 4.78 is 5.22. The smallest absolute Gasteiger partial charge is 0.221 e. The minimum Gasteiger partial charge on any atom is -0.497 e. The molecule has 1 aromatic heterocycles. The van der Waals surface area contributed by atoms with Crippen LogP contribution in [0.15, 0.2) is 42.7 Å². The van der Waals surface area contributed by atoms with E-state index < -0.39 is 5.91 Å². The number of benzene rings is 2. The van der Waals surface area contributed by atoms with E-state index >= 15 is 0 Å². The van der Waals surface area contributed by atoms with Crippen molar-refractivity contribution in [2.45, 2.75) is 6.42 Å². The Morgan fingerprint density at radius 2 is 2.12 bits per heavy atom. The van der Waals surface area contributed by atoms with Gasteiger partial charge in [0.2, 0.25) is 5.91 Å². The summed E-state index contributed by atoms with van der Waals surface area (Å²) in [7, 11) is 1.60. The van der Waals surface area contributed by atoms with Crippen LogP contribution in [-0.4, -0.2) is 23.0 Å². The summed E-state index contributed by atoms with van der Waals surface area (Å²) in [4.78, 5) is 19.9. The Morgan fingerprint density at radius 1 is 1.28 bits per heavy atom. The monoisotopic (exact) mass is 332 g/mol. The van der Waals surface area contributed by atoms with E-state index in [1.165, 1.54) is 6.33 Å². The van der Waals surface area contributed by atoms with E-state index in [-0.39, 0.29) is 6.42 Å². The van der Waals surface area contributed by atoms with Gasteiger partial charge in [-0.15, -0.1) is 6.42 Å². The molecule has 0 saturated heterocycles. The van der Waals surface area contributed by atoms with Gasteiger partial charge in [0.15, 0.2) is 0 Å². The second kappa shape index (κ2) is 6.89. The lowest BCUT2D eigenvalue weighted by atomic mass is 10.1. The lowest BCUT2D eigenvalue weighted by molar-refractivity contribution is -0.117. The zero-order chi connectivity index (χ0) is 17.8. The zero-order valence-corrected chi connectivity index (χ0v) is 13.6. The number of fused-ring (bicyclic) bond motifs is 1. The Labute approximate surface area is 145 Å². The topological polar surface area (TPSA) is 90.1 Å². The third-order valence-corrected chi connectivity index (χ3v) is 3.74. The number of ether oxygens (including phenoxy) is 1. The summed E-state index contributed by atoms with van der Waals surface area (Å²) in [6.07, 6.45) is 7.04. The van der Waals surface area contributed by atoms with Gasteiger partial charge in [0.05, 0.1) is 19.0 Å². The number of hydrogen-bond acceptors (Lipinski definition) is 5. The van der Waals surface area contributed by atoms with E-state index in [4.69, 9.17) is 16.9 Å². The Bertz CT molecular complexity index is 992. The van der Waals surface area contributed by atoms with Gasteiger partial charge in [-0.25, -0.2) is 9.97 Å². The van der Waals surface area contributed by atoms with Crippen LogP contribution in [0.5, 0.6) is 5.75 Å². The standard InChI is InChI=1S/C19H16N4O2/c1-3-12-4-5-13(9-18(20)24)16(8-12)23-19-15-7-6-14(25-2)10-17(15)21-11-22-19/h1,4-8,10-11H,9H2,2H3,(H2,20,24)(H,21,22,23). The predicted molar refractivity (Wildman–Crippen MR) is 96.6 cm³/mol. The molecule has 0 bridgehead atoms. The summed E-state index contributed by atoms with van der Waals surface area (Å²) in [6.45, 7) is 0. The molecular formula is C19H16N4O2. The van der Waals surface area contributed by atoms with Crippen molar-refractivity contribution < 1.29 is 9.53 Å². The fourth-order valence-corrected chi connectivity index (χ4v) is 2.52. The second-order valence-corrected chi connectivity index (χ2v) is 5.39. The van der Waals surface area contributed by atoms with E-state index in [2.05, 4.69) is 21.2 Å². The van der Waals surface area contributed by atoms with Crippen LogP contribution in [0.4, 0.5) is 11.5 Å².